The number of hydrogen-bond donors (Lipinski definition) is 2. The lowest BCUT2D eigenvalue weighted by molar-refractivity contribution is 0.0696. The summed E-state index contributed by atoms with van der Waals surface area (Å²) in [7, 11) is 1.81. The maximum absolute atomic E-state index is 12.7. The van der Waals surface area contributed by atoms with Crippen LogP contribution in [0.25, 0.3) is 11.0 Å². The van der Waals surface area contributed by atoms with E-state index in [9.17, 15) is 9.59 Å². The molecule has 0 unspecified atom stereocenters. The van der Waals surface area contributed by atoms with Gasteiger partial charge in [0, 0.05) is 19.3 Å². The summed E-state index contributed by atoms with van der Waals surface area (Å²) in [5.41, 5.74) is 4.00. The van der Waals surface area contributed by atoms with Gasteiger partial charge in [0.15, 0.2) is 5.65 Å². The van der Waals surface area contributed by atoms with Crippen molar-refractivity contribution in [2.75, 3.05) is 6.54 Å². The number of fused-ring (bicyclic) bond motifs is 1. The molecule has 0 atom stereocenters. The van der Waals surface area contributed by atoms with Gasteiger partial charge in [0.25, 0.3) is 5.91 Å². The van der Waals surface area contributed by atoms with Gasteiger partial charge >= 0.3 is 5.97 Å². The number of aromatic carboxylic acids is 1. The molecule has 0 saturated heterocycles. The molecule has 1 aromatic carbocycles. The van der Waals surface area contributed by atoms with Crippen LogP contribution >= 0.6 is 0 Å². The monoisotopic (exact) mass is 352 g/mol. The van der Waals surface area contributed by atoms with Gasteiger partial charge in [-0.3, -0.25) is 9.48 Å². The summed E-state index contributed by atoms with van der Waals surface area (Å²) in [4.78, 5) is 28.0. The Morgan fingerprint density at radius 2 is 1.88 bits per heavy atom. The molecular formula is C19H20N4O3. The smallest absolute Gasteiger partial charge is 0.335 e. The summed E-state index contributed by atoms with van der Waals surface area (Å²) < 4.78 is 1.68. The Morgan fingerprint density at radius 3 is 2.54 bits per heavy atom. The third-order valence-corrected chi connectivity index (χ3v) is 4.24. The highest BCUT2D eigenvalue weighted by Crippen LogP contribution is 2.21. The van der Waals surface area contributed by atoms with Crippen LogP contribution in [0.5, 0.6) is 0 Å². The number of aromatic nitrogens is 3. The molecule has 2 aromatic heterocycles. The molecule has 0 aliphatic rings. The van der Waals surface area contributed by atoms with Crippen LogP contribution in [-0.4, -0.2) is 38.3 Å². The van der Waals surface area contributed by atoms with E-state index in [1.54, 1.807) is 35.0 Å². The highest BCUT2D eigenvalue weighted by atomic mass is 16.4. The Labute approximate surface area is 150 Å². The van der Waals surface area contributed by atoms with Crippen LogP contribution in [0.4, 0.5) is 0 Å². The van der Waals surface area contributed by atoms with Crippen LogP contribution in [0.1, 0.15) is 37.7 Å². The zero-order chi connectivity index (χ0) is 18.8. The van der Waals surface area contributed by atoms with Crippen LogP contribution in [-0.2, 0) is 13.5 Å². The van der Waals surface area contributed by atoms with Crippen molar-refractivity contribution in [3.05, 3.63) is 58.4 Å². The van der Waals surface area contributed by atoms with Crippen LogP contribution in [0.3, 0.4) is 0 Å². The van der Waals surface area contributed by atoms with E-state index in [1.807, 2.05) is 20.9 Å². The normalized spacial score (nSPS) is 10.9. The van der Waals surface area contributed by atoms with Gasteiger partial charge in [0.05, 0.1) is 22.2 Å². The van der Waals surface area contributed by atoms with Crippen molar-refractivity contribution in [3.63, 3.8) is 0 Å². The van der Waals surface area contributed by atoms with Crippen LogP contribution in [0, 0.1) is 13.8 Å². The summed E-state index contributed by atoms with van der Waals surface area (Å²) in [6.07, 6.45) is 0.616. The molecule has 1 amide bonds. The molecule has 3 aromatic rings. The van der Waals surface area contributed by atoms with E-state index in [4.69, 9.17) is 5.11 Å². The number of pyridine rings is 1. The van der Waals surface area contributed by atoms with Gasteiger partial charge in [-0.2, -0.15) is 5.10 Å². The number of amides is 1. The molecule has 26 heavy (non-hydrogen) atoms. The average Bonchev–Trinajstić information content (AvgIpc) is 2.88. The second-order valence-electron chi connectivity index (χ2n) is 6.23. The Kier molecular flexibility index (Phi) is 4.71. The van der Waals surface area contributed by atoms with E-state index in [-0.39, 0.29) is 11.5 Å². The van der Waals surface area contributed by atoms with E-state index in [1.165, 1.54) is 0 Å². The van der Waals surface area contributed by atoms with Crippen molar-refractivity contribution < 1.29 is 14.7 Å². The van der Waals surface area contributed by atoms with Gasteiger partial charge in [-0.1, -0.05) is 12.1 Å². The maximum atomic E-state index is 12.7. The lowest BCUT2D eigenvalue weighted by Gasteiger charge is -2.08. The second-order valence-corrected chi connectivity index (χ2v) is 6.23. The first-order valence-electron chi connectivity index (χ1n) is 8.28. The number of hydrogen-bond acceptors (Lipinski definition) is 4. The highest BCUT2D eigenvalue weighted by Gasteiger charge is 2.17. The third-order valence-electron chi connectivity index (χ3n) is 4.24. The number of aryl methyl sites for hydroxylation is 3. The number of carbonyl (C=O) groups is 2. The fourth-order valence-corrected chi connectivity index (χ4v) is 2.98. The van der Waals surface area contributed by atoms with Gasteiger partial charge in [0.2, 0.25) is 0 Å². The van der Waals surface area contributed by atoms with Crippen molar-refractivity contribution >= 4 is 22.9 Å². The molecule has 7 nitrogen and oxygen atoms in total. The first-order valence-corrected chi connectivity index (χ1v) is 8.28. The van der Waals surface area contributed by atoms with Crippen molar-refractivity contribution in [2.45, 2.75) is 20.3 Å². The number of nitrogens with one attached hydrogen (secondary N) is 1. The van der Waals surface area contributed by atoms with E-state index < -0.39 is 5.97 Å². The summed E-state index contributed by atoms with van der Waals surface area (Å²) in [6.45, 7) is 4.16. The Balaban J connectivity index is 1.72. The first kappa shape index (κ1) is 17.6. The summed E-state index contributed by atoms with van der Waals surface area (Å²) >= 11 is 0. The van der Waals surface area contributed by atoms with Gasteiger partial charge in [-0.05, 0) is 44.0 Å². The van der Waals surface area contributed by atoms with E-state index in [0.29, 0.717) is 24.2 Å². The van der Waals surface area contributed by atoms with Crippen molar-refractivity contribution in [1.29, 1.82) is 0 Å². The Morgan fingerprint density at radius 1 is 1.19 bits per heavy atom. The van der Waals surface area contributed by atoms with Crippen LogP contribution in [0.15, 0.2) is 30.3 Å². The molecule has 0 aliphatic carbocycles. The zero-order valence-electron chi connectivity index (χ0n) is 14.9. The molecule has 0 bridgehead atoms. The number of benzene rings is 1. The van der Waals surface area contributed by atoms with Crippen LogP contribution < -0.4 is 5.32 Å². The molecule has 134 valence electrons. The zero-order valence-corrected chi connectivity index (χ0v) is 14.9. The molecule has 2 N–H and O–H groups in total. The Hall–Kier alpha value is -3.22. The molecule has 2 heterocycles. The fraction of sp³-hybridized carbons (Fsp3) is 0.263. The fourth-order valence-electron chi connectivity index (χ4n) is 2.98. The summed E-state index contributed by atoms with van der Waals surface area (Å²) in [6, 6.07) is 8.42. The molecular weight excluding hydrogens is 332 g/mol. The van der Waals surface area contributed by atoms with Crippen molar-refractivity contribution in [3.8, 4) is 0 Å². The van der Waals surface area contributed by atoms with Crippen LogP contribution in [0.2, 0.25) is 0 Å². The SMILES string of the molecule is Cc1cc(C(=O)NCCc2ccc(C(=O)O)cc2)c2c(C)nn(C)c2n1. The van der Waals surface area contributed by atoms with E-state index in [2.05, 4.69) is 15.4 Å². The summed E-state index contributed by atoms with van der Waals surface area (Å²) in [5.74, 6) is -1.12. The number of rotatable bonds is 5. The topological polar surface area (TPSA) is 97.1 Å². The van der Waals surface area contributed by atoms with Crippen molar-refractivity contribution in [2.24, 2.45) is 7.05 Å². The summed E-state index contributed by atoms with van der Waals surface area (Å²) in [5, 5.41) is 17.0. The molecule has 0 spiro atoms. The first-order chi connectivity index (χ1) is 12.4. The molecule has 0 fully saturated rings. The highest BCUT2D eigenvalue weighted by molar-refractivity contribution is 6.06. The van der Waals surface area contributed by atoms with Crippen molar-refractivity contribution in [1.82, 2.24) is 20.1 Å². The minimum atomic E-state index is -0.950. The number of carboxylic acid groups (broad SMARTS) is 1. The minimum Gasteiger partial charge on any atom is -0.478 e. The quantitative estimate of drug-likeness (QED) is 0.734. The lowest BCUT2D eigenvalue weighted by Crippen LogP contribution is -2.26. The Bertz CT molecular complexity index is 990. The van der Waals surface area contributed by atoms with Gasteiger partial charge in [0.1, 0.15) is 0 Å². The van der Waals surface area contributed by atoms with E-state index >= 15 is 0 Å². The molecule has 0 radical (unpaired) electrons. The number of carboxylic acids is 1. The minimum absolute atomic E-state index is 0.168. The number of nitrogens with zero attached hydrogens (tertiary/aromatic N) is 3. The molecule has 0 saturated carbocycles. The van der Waals surface area contributed by atoms with E-state index in [0.717, 1.165) is 22.3 Å². The number of carbonyl (C=O) groups excluding carboxylic acids is 1. The average molecular weight is 352 g/mol. The second kappa shape index (κ2) is 6.95. The maximum Gasteiger partial charge on any atom is 0.335 e. The standard InChI is InChI=1S/C19H20N4O3/c1-11-10-15(16-12(2)22-23(3)17(16)21-11)18(24)20-9-8-13-4-6-14(7-5-13)19(25)26/h4-7,10H,8-9H2,1-3H3,(H,20,24)(H,25,26). The largest absolute Gasteiger partial charge is 0.478 e. The van der Waals surface area contributed by atoms with Gasteiger partial charge < -0.3 is 10.4 Å². The predicted molar refractivity (Wildman–Crippen MR) is 97.4 cm³/mol. The molecule has 0 aliphatic heterocycles. The van der Waals surface area contributed by atoms with Gasteiger partial charge in [-0.25, -0.2) is 9.78 Å². The molecule has 7 heteroatoms. The van der Waals surface area contributed by atoms with Gasteiger partial charge in [-0.15, -0.1) is 0 Å². The molecule has 3 rings (SSSR count). The lowest BCUT2D eigenvalue weighted by atomic mass is 10.1. The third kappa shape index (κ3) is 3.42. The predicted octanol–water partition coefficient (Wildman–Crippen LogP) is 2.26.